The highest BCUT2D eigenvalue weighted by Gasteiger charge is 2.31. The van der Waals surface area contributed by atoms with E-state index in [1.54, 1.807) is 0 Å². The van der Waals surface area contributed by atoms with E-state index in [1.165, 1.54) is 11.8 Å². The SMILES string of the molecule is C[C@@H]1CN(Cc2ccc(OCc3ccccc3)cc2)C[C@@H]1NC(=O)c1cn[nH]n1. The molecule has 0 unspecified atom stereocenters. The zero-order chi connectivity index (χ0) is 20.1. The van der Waals surface area contributed by atoms with E-state index >= 15 is 0 Å². The lowest BCUT2D eigenvalue weighted by Gasteiger charge is -2.17. The first-order valence-electron chi connectivity index (χ1n) is 9.82. The van der Waals surface area contributed by atoms with Crippen LogP contribution in [-0.4, -0.2) is 45.3 Å². The molecule has 0 saturated carbocycles. The third kappa shape index (κ3) is 5.00. The van der Waals surface area contributed by atoms with Crippen molar-refractivity contribution in [1.29, 1.82) is 0 Å². The number of carbonyl (C=O) groups excluding carboxylic acids is 1. The maximum atomic E-state index is 12.2. The zero-order valence-electron chi connectivity index (χ0n) is 16.4. The van der Waals surface area contributed by atoms with Gasteiger partial charge >= 0.3 is 0 Å². The second kappa shape index (κ2) is 8.87. The molecular formula is C22H25N5O2. The van der Waals surface area contributed by atoms with Crippen LogP contribution in [0.3, 0.4) is 0 Å². The minimum absolute atomic E-state index is 0.104. The van der Waals surface area contributed by atoms with E-state index in [-0.39, 0.29) is 11.9 Å². The molecule has 4 rings (SSSR count). The maximum absolute atomic E-state index is 12.2. The molecule has 3 aromatic rings. The number of hydrogen-bond acceptors (Lipinski definition) is 5. The highest BCUT2D eigenvalue weighted by Crippen LogP contribution is 2.21. The van der Waals surface area contributed by atoms with Gasteiger partial charge in [0, 0.05) is 25.7 Å². The Kier molecular flexibility index (Phi) is 5.86. The molecule has 0 bridgehead atoms. The van der Waals surface area contributed by atoms with E-state index in [4.69, 9.17) is 4.74 Å². The Bertz CT molecular complexity index is 912. The largest absolute Gasteiger partial charge is 0.489 e. The normalized spacial score (nSPS) is 19.2. The minimum Gasteiger partial charge on any atom is -0.489 e. The first-order chi connectivity index (χ1) is 14.2. The molecule has 1 aliphatic heterocycles. The van der Waals surface area contributed by atoms with Crippen LogP contribution in [0.25, 0.3) is 0 Å². The summed E-state index contributed by atoms with van der Waals surface area (Å²) in [5.74, 6) is 1.06. The number of ether oxygens (including phenoxy) is 1. The number of nitrogens with zero attached hydrogens (tertiary/aromatic N) is 3. The summed E-state index contributed by atoms with van der Waals surface area (Å²) in [4.78, 5) is 14.6. The van der Waals surface area contributed by atoms with Crippen LogP contribution in [0.1, 0.15) is 28.5 Å². The van der Waals surface area contributed by atoms with Crippen LogP contribution in [0.2, 0.25) is 0 Å². The molecule has 1 amide bonds. The van der Waals surface area contributed by atoms with Gasteiger partial charge in [0.05, 0.1) is 6.20 Å². The summed E-state index contributed by atoms with van der Waals surface area (Å²) in [5, 5.41) is 13.1. The van der Waals surface area contributed by atoms with Crippen LogP contribution in [0.4, 0.5) is 0 Å². The van der Waals surface area contributed by atoms with Crippen molar-refractivity contribution in [3.63, 3.8) is 0 Å². The molecule has 2 aromatic carbocycles. The number of rotatable bonds is 7. The second-order valence-electron chi connectivity index (χ2n) is 7.52. The molecule has 1 aliphatic rings. The van der Waals surface area contributed by atoms with Crippen molar-refractivity contribution >= 4 is 5.91 Å². The fourth-order valence-electron chi connectivity index (χ4n) is 3.63. The summed E-state index contributed by atoms with van der Waals surface area (Å²) in [7, 11) is 0. The third-order valence-electron chi connectivity index (χ3n) is 5.23. The Hall–Kier alpha value is -3.19. The second-order valence-corrected chi connectivity index (χ2v) is 7.52. The van der Waals surface area contributed by atoms with Gasteiger partial charge in [-0.25, -0.2) is 0 Å². The van der Waals surface area contributed by atoms with Crippen LogP contribution < -0.4 is 10.1 Å². The first kappa shape index (κ1) is 19.1. The van der Waals surface area contributed by atoms with Gasteiger partial charge < -0.3 is 10.1 Å². The van der Waals surface area contributed by atoms with Crippen molar-refractivity contribution in [2.45, 2.75) is 26.1 Å². The summed E-state index contributed by atoms with van der Waals surface area (Å²) in [5.41, 5.74) is 2.70. The van der Waals surface area contributed by atoms with Gasteiger partial charge in [-0.2, -0.15) is 15.4 Å². The van der Waals surface area contributed by atoms with E-state index in [1.807, 2.05) is 30.3 Å². The number of likely N-dealkylation sites (tertiary alicyclic amines) is 1. The molecule has 0 radical (unpaired) electrons. The van der Waals surface area contributed by atoms with Crippen LogP contribution in [0.5, 0.6) is 5.75 Å². The predicted octanol–water partition coefficient (Wildman–Crippen LogP) is 2.63. The Labute approximate surface area is 170 Å². The lowest BCUT2D eigenvalue weighted by Crippen LogP contribution is -2.40. The van der Waals surface area contributed by atoms with Crippen LogP contribution in [-0.2, 0) is 13.2 Å². The number of amides is 1. The molecule has 1 aromatic heterocycles. The molecule has 7 heteroatoms. The van der Waals surface area contributed by atoms with Gasteiger partial charge in [-0.1, -0.05) is 49.4 Å². The number of aromatic nitrogens is 3. The van der Waals surface area contributed by atoms with Gasteiger partial charge in [0.25, 0.3) is 5.91 Å². The van der Waals surface area contributed by atoms with Crippen molar-refractivity contribution in [2.24, 2.45) is 5.92 Å². The maximum Gasteiger partial charge on any atom is 0.273 e. The zero-order valence-corrected chi connectivity index (χ0v) is 16.4. The number of aromatic amines is 1. The summed E-state index contributed by atoms with van der Waals surface area (Å²) in [6.07, 6.45) is 1.44. The smallest absolute Gasteiger partial charge is 0.273 e. The predicted molar refractivity (Wildman–Crippen MR) is 109 cm³/mol. The lowest BCUT2D eigenvalue weighted by molar-refractivity contribution is 0.0926. The highest BCUT2D eigenvalue weighted by atomic mass is 16.5. The molecular weight excluding hydrogens is 366 g/mol. The molecule has 0 aliphatic carbocycles. The highest BCUT2D eigenvalue weighted by molar-refractivity contribution is 5.92. The number of benzene rings is 2. The monoisotopic (exact) mass is 391 g/mol. The number of nitrogens with one attached hydrogen (secondary N) is 2. The van der Waals surface area contributed by atoms with Crippen LogP contribution >= 0.6 is 0 Å². The Morgan fingerprint density at radius 2 is 1.93 bits per heavy atom. The first-order valence-corrected chi connectivity index (χ1v) is 9.82. The molecule has 7 nitrogen and oxygen atoms in total. The quantitative estimate of drug-likeness (QED) is 0.647. The third-order valence-corrected chi connectivity index (χ3v) is 5.23. The van der Waals surface area contributed by atoms with Crippen molar-refractivity contribution in [3.05, 3.63) is 77.6 Å². The van der Waals surface area contributed by atoms with Gasteiger partial charge in [-0.3, -0.25) is 9.69 Å². The molecule has 2 heterocycles. The van der Waals surface area contributed by atoms with Gasteiger partial charge in [0.2, 0.25) is 0 Å². The van der Waals surface area contributed by atoms with Crippen molar-refractivity contribution in [3.8, 4) is 5.75 Å². The summed E-state index contributed by atoms with van der Waals surface area (Å²) >= 11 is 0. The van der Waals surface area contributed by atoms with E-state index < -0.39 is 0 Å². The molecule has 1 saturated heterocycles. The minimum atomic E-state index is -0.183. The topological polar surface area (TPSA) is 83.1 Å². The lowest BCUT2D eigenvalue weighted by atomic mass is 10.1. The van der Waals surface area contributed by atoms with Crippen molar-refractivity contribution in [2.75, 3.05) is 13.1 Å². The van der Waals surface area contributed by atoms with E-state index in [9.17, 15) is 4.79 Å². The van der Waals surface area contributed by atoms with E-state index in [2.05, 4.69) is 56.8 Å². The fourth-order valence-corrected chi connectivity index (χ4v) is 3.63. The van der Waals surface area contributed by atoms with Gasteiger partial charge in [0.15, 0.2) is 5.69 Å². The molecule has 2 atom stereocenters. The van der Waals surface area contributed by atoms with Crippen LogP contribution in [0.15, 0.2) is 60.8 Å². The van der Waals surface area contributed by atoms with E-state index in [0.29, 0.717) is 18.2 Å². The van der Waals surface area contributed by atoms with Crippen molar-refractivity contribution in [1.82, 2.24) is 25.6 Å². The van der Waals surface area contributed by atoms with Gasteiger partial charge in [-0.05, 0) is 29.2 Å². The summed E-state index contributed by atoms with van der Waals surface area (Å²) in [6.45, 7) is 5.33. The average molecular weight is 391 g/mol. The number of hydrogen-bond donors (Lipinski definition) is 2. The fraction of sp³-hybridized carbons (Fsp3) is 0.318. The molecule has 2 N–H and O–H groups in total. The summed E-state index contributed by atoms with van der Waals surface area (Å²) in [6, 6.07) is 18.5. The number of H-pyrrole nitrogens is 1. The Morgan fingerprint density at radius 3 is 2.66 bits per heavy atom. The molecule has 29 heavy (non-hydrogen) atoms. The number of carbonyl (C=O) groups is 1. The molecule has 1 fully saturated rings. The van der Waals surface area contributed by atoms with E-state index in [0.717, 1.165) is 30.9 Å². The molecule has 0 spiro atoms. The standard InChI is InChI=1S/C22H25N5O2/c1-16-12-27(14-21(16)24-22(28)20-11-23-26-25-20)13-17-7-9-19(10-8-17)29-15-18-5-3-2-4-6-18/h2-11,16,21H,12-15H2,1H3,(H,24,28)(H,23,25,26)/t16-,21+/m1/s1. The van der Waals surface area contributed by atoms with Crippen molar-refractivity contribution < 1.29 is 9.53 Å². The van der Waals surface area contributed by atoms with Crippen LogP contribution in [0, 0.1) is 5.92 Å². The Balaban J connectivity index is 1.27. The Morgan fingerprint density at radius 1 is 1.14 bits per heavy atom. The molecule has 150 valence electrons. The average Bonchev–Trinajstić information content (AvgIpc) is 3.39. The van der Waals surface area contributed by atoms with Gasteiger partial charge in [-0.15, -0.1) is 0 Å². The summed E-state index contributed by atoms with van der Waals surface area (Å²) < 4.78 is 5.86. The van der Waals surface area contributed by atoms with Gasteiger partial charge in [0.1, 0.15) is 12.4 Å².